The highest BCUT2D eigenvalue weighted by Crippen LogP contribution is 2.23. The van der Waals surface area contributed by atoms with E-state index in [1.807, 2.05) is 12.4 Å². The zero-order valence-corrected chi connectivity index (χ0v) is 12.6. The Labute approximate surface area is 125 Å². The molecule has 2 heteroatoms. The van der Waals surface area contributed by atoms with Crippen LogP contribution in [0.15, 0.2) is 54.9 Å². The van der Waals surface area contributed by atoms with Crippen LogP contribution in [-0.2, 0) is 13.0 Å². The second-order valence-corrected chi connectivity index (χ2v) is 5.33. The summed E-state index contributed by atoms with van der Waals surface area (Å²) in [4.78, 5) is 4.19. The Morgan fingerprint density at radius 1 is 1.00 bits per heavy atom. The van der Waals surface area contributed by atoms with Crippen molar-refractivity contribution >= 4 is 16.5 Å². The lowest BCUT2D eigenvalue weighted by atomic mass is 10.0. The van der Waals surface area contributed by atoms with Crippen LogP contribution >= 0.6 is 0 Å². The van der Waals surface area contributed by atoms with E-state index in [0.29, 0.717) is 0 Å². The Morgan fingerprint density at radius 3 is 2.67 bits per heavy atom. The Kier molecular flexibility index (Phi) is 3.87. The number of nitrogens with zero attached hydrogens (tertiary/aromatic N) is 1. The van der Waals surface area contributed by atoms with Crippen LogP contribution in [0.25, 0.3) is 10.8 Å². The predicted octanol–water partition coefficient (Wildman–Crippen LogP) is 4.72. The van der Waals surface area contributed by atoms with Gasteiger partial charge in [-0.15, -0.1) is 0 Å². The van der Waals surface area contributed by atoms with Crippen LogP contribution < -0.4 is 5.32 Å². The van der Waals surface area contributed by atoms with Gasteiger partial charge in [0.25, 0.3) is 0 Å². The second kappa shape index (κ2) is 5.96. The number of hydrogen-bond donors (Lipinski definition) is 1. The monoisotopic (exact) mass is 276 g/mol. The minimum atomic E-state index is 0.833. The first kappa shape index (κ1) is 13.6. The fourth-order valence-electron chi connectivity index (χ4n) is 2.80. The molecule has 0 aliphatic heterocycles. The maximum atomic E-state index is 4.19. The maximum Gasteiger partial charge on any atom is 0.0407 e. The average molecular weight is 276 g/mol. The SMILES string of the molecule is CCc1cccc(C)c1NCc1cccc2cnccc12. The van der Waals surface area contributed by atoms with Gasteiger partial charge >= 0.3 is 0 Å². The van der Waals surface area contributed by atoms with E-state index in [2.05, 4.69) is 66.6 Å². The summed E-state index contributed by atoms with van der Waals surface area (Å²) in [5, 5.41) is 6.08. The van der Waals surface area contributed by atoms with Crippen LogP contribution in [0, 0.1) is 6.92 Å². The van der Waals surface area contributed by atoms with Gasteiger partial charge in [-0.05, 0) is 41.5 Å². The topological polar surface area (TPSA) is 24.9 Å². The van der Waals surface area contributed by atoms with Gasteiger partial charge in [0.1, 0.15) is 0 Å². The van der Waals surface area contributed by atoms with E-state index in [0.717, 1.165) is 13.0 Å². The van der Waals surface area contributed by atoms with Crippen LogP contribution in [0.1, 0.15) is 23.6 Å². The van der Waals surface area contributed by atoms with Crippen LogP contribution in [0.2, 0.25) is 0 Å². The number of aromatic nitrogens is 1. The van der Waals surface area contributed by atoms with Gasteiger partial charge in [-0.3, -0.25) is 4.98 Å². The normalized spacial score (nSPS) is 10.8. The third kappa shape index (κ3) is 2.75. The maximum absolute atomic E-state index is 4.19. The Morgan fingerprint density at radius 2 is 1.81 bits per heavy atom. The minimum Gasteiger partial charge on any atom is -0.381 e. The molecule has 2 nitrogen and oxygen atoms in total. The van der Waals surface area contributed by atoms with Crippen molar-refractivity contribution in [1.82, 2.24) is 4.98 Å². The molecule has 3 rings (SSSR count). The van der Waals surface area contributed by atoms with Crippen molar-refractivity contribution in [1.29, 1.82) is 0 Å². The van der Waals surface area contributed by atoms with Crippen molar-refractivity contribution < 1.29 is 0 Å². The van der Waals surface area contributed by atoms with Crippen LogP contribution in [-0.4, -0.2) is 4.98 Å². The molecule has 21 heavy (non-hydrogen) atoms. The molecule has 2 aromatic carbocycles. The Bertz CT molecular complexity index is 757. The van der Waals surface area contributed by atoms with E-state index in [4.69, 9.17) is 0 Å². The quantitative estimate of drug-likeness (QED) is 0.746. The first-order chi connectivity index (χ1) is 10.3. The van der Waals surface area contributed by atoms with Crippen molar-refractivity contribution in [3.63, 3.8) is 0 Å². The molecule has 0 saturated heterocycles. The number of para-hydroxylation sites is 1. The van der Waals surface area contributed by atoms with Crippen LogP contribution in [0.5, 0.6) is 0 Å². The summed E-state index contributed by atoms with van der Waals surface area (Å²) in [6.07, 6.45) is 4.82. The zero-order chi connectivity index (χ0) is 14.7. The van der Waals surface area contributed by atoms with Crippen molar-refractivity contribution in [3.8, 4) is 0 Å². The van der Waals surface area contributed by atoms with Gasteiger partial charge in [-0.2, -0.15) is 0 Å². The Balaban J connectivity index is 1.91. The molecular formula is C19H20N2. The molecule has 1 aromatic heterocycles. The minimum absolute atomic E-state index is 0.833. The number of fused-ring (bicyclic) bond motifs is 1. The third-order valence-electron chi connectivity index (χ3n) is 3.97. The summed E-state index contributed by atoms with van der Waals surface area (Å²) in [6.45, 7) is 5.19. The van der Waals surface area contributed by atoms with Crippen LogP contribution in [0.3, 0.4) is 0 Å². The highest BCUT2D eigenvalue weighted by atomic mass is 14.9. The molecule has 0 unspecified atom stereocenters. The smallest absolute Gasteiger partial charge is 0.0407 e. The van der Waals surface area contributed by atoms with E-state index in [1.54, 1.807) is 0 Å². The molecule has 0 aliphatic carbocycles. The number of anilines is 1. The third-order valence-corrected chi connectivity index (χ3v) is 3.97. The number of nitrogens with one attached hydrogen (secondary N) is 1. The summed E-state index contributed by atoms with van der Waals surface area (Å²) in [7, 11) is 0. The van der Waals surface area contributed by atoms with Gasteiger partial charge in [0.05, 0.1) is 0 Å². The molecule has 0 spiro atoms. The van der Waals surface area contributed by atoms with Gasteiger partial charge < -0.3 is 5.32 Å². The van der Waals surface area contributed by atoms with Gasteiger partial charge in [-0.1, -0.05) is 43.3 Å². The van der Waals surface area contributed by atoms with Crippen molar-refractivity contribution in [2.75, 3.05) is 5.32 Å². The number of pyridine rings is 1. The van der Waals surface area contributed by atoms with Gasteiger partial charge in [-0.25, -0.2) is 0 Å². The molecule has 1 N–H and O–H groups in total. The molecule has 0 radical (unpaired) electrons. The van der Waals surface area contributed by atoms with Crippen molar-refractivity contribution in [3.05, 3.63) is 71.5 Å². The average Bonchev–Trinajstić information content (AvgIpc) is 2.53. The predicted molar refractivity (Wildman–Crippen MR) is 89.6 cm³/mol. The summed E-state index contributed by atoms with van der Waals surface area (Å²) in [5.41, 5.74) is 5.25. The lowest BCUT2D eigenvalue weighted by Gasteiger charge is -2.15. The van der Waals surface area contributed by atoms with Crippen molar-refractivity contribution in [2.45, 2.75) is 26.8 Å². The Hall–Kier alpha value is -2.35. The highest BCUT2D eigenvalue weighted by Gasteiger charge is 2.05. The molecule has 0 bridgehead atoms. The fourth-order valence-corrected chi connectivity index (χ4v) is 2.80. The summed E-state index contributed by atoms with van der Waals surface area (Å²) < 4.78 is 0. The number of hydrogen-bond acceptors (Lipinski definition) is 2. The first-order valence-corrected chi connectivity index (χ1v) is 7.43. The summed E-state index contributed by atoms with van der Waals surface area (Å²) >= 11 is 0. The number of benzene rings is 2. The molecule has 3 aromatic rings. The van der Waals surface area contributed by atoms with Gasteiger partial charge in [0, 0.05) is 30.0 Å². The number of aryl methyl sites for hydroxylation is 2. The van der Waals surface area contributed by atoms with E-state index >= 15 is 0 Å². The molecule has 0 fully saturated rings. The van der Waals surface area contributed by atoms with E-state index < -0.39 is 0 Å². The molecule has 1 heterocycles. The van der Waals surface area contributed by atoms with Crippen molar-refractivity contribution in [2.24, 2.45) is 0 Å². The first-order valence-electron chi connectivity index (χ1n) is 7.43. The molecule has 106 valence electrons. The van der Waals surface area contributed by atoms with Gasteiger partial charge in [0.2, 0.25) is 0 Å². The molecule has 0 amide bonds. The largest absolute Gasteiger partial charge is 0.381 e. The molecule has 0 aliphatic rings. The molecule has 0 saturated carbocycles. The number of rotatable bonds is 4. The molecular weight excluding hydrogens is 256 g/mol. The lowest BCUT2D eigenvalue weighted by molar-refractivity contribution is 1.09. The summed E-state index contributed by atoms with van der Waals surface area (Å²) in [6, 6.07) is 15.0. The van der Waals surface area contributed by atoms with Crippen LogP contribution in [0.4, 0.5) is 5.69 Å². The standard InChI is InChI=1S/C19H20N2/c1-3-15-7-4-6-14(2)19(15)21-13-17-9-5-8-16-12-20-11-10-18(16)17/h4-12,21H,3,13H2,1-2H3. The van der Waals surface area contributed by atoms with E-state index in [9.17, 15) is 0 Å². The van der Waals surface area contributed by atoms with E-state index in [-0.39, 0.29) is 0 Å². The summed E-state index contributed by atoms with van der Waals surface area (Å²) in [5.74, 6) is 0. The van der Waals surface area contributed by atoms with Gasteiger partial charge in [0.15, 0.2) is 0 Å². The zero-order valence-electron chi connectivity index (χ0n) is 12.6. The fraction of sp³-hybridized carbons (Fsp3) is 0.211. The second-order valence-electron chi connectivity index (χ2n) is 5.33. The lowest BCUT2D eigenvalue weighted by Crippen LogP contribution is -2.04. The molecule has 0 atom stereocenters. The highest BCUT2D eigenvalue weighted by molar-refractivity contribution is 5.85. The van der Waals surface area contributed by atoms with E-state index in [1.165, 1.54) is 33.2 Å².